The molecule has 0 spiro atoms. The lowest BCUT2D eigenvalue weighted by molar-refractivity contribution is 0.152. The Bertz CT molecular complexity index is 125. The first kappa shape index (κ1) is 9.34. The minimum Gasteiger partial charge on any atom is -0.210 e. The maximum Gasteiger partial charge on any atom is 0.242 e. The lowest BCUT2D eigenvalue weighted by atomic mass is 10.2. The van der Waals surface area contributed by atoms with Gasteiger partial charge in [0, 0.05) is 6.42 Å². The van der Waals surface area contributed by atoms with Crippen LogP contribution in [0.15, 0.2) is 24.3 Å². The normalized spacial score (nSPS) is 11.2. The smallest absolute Gasteiger partial charge is 0.210 e. The molecule has 0 nitrogen and oxygen atoms in total. The van der Waals surface area contributed by atoms with Crippen molar-refractivity contribution in [3.8, 4) is 0 Å². The van der Waals surface area contributed by atoms with Gasteiger partial charge in [-0.3, -0.25) is 0 Å². The summed E-state index contributed by atoms with van der Waals surface area (Å²) in [6, 6.07) is 0. The van der Waals surface area contributed by atoms with Gasteiger partial charge in [0.25, 0.3) is 0 Å². The maximum atomic E-state index is 11.5. The second-order valence-corrected chi connectivity index (χ2v) is 2.04. The third kappa shape index (κ3) is 5.48. The molecule has 0 N–H and O–H groups in total. The van der Waals surface area contributed by atoms with Crippen molar-refractivity contribution in [1.82, 2.24) is 0 Å². The predicted molar refractivity (Wildman–Crippen MR) is 39.2 cm³/mol. The van der Waals surface area contributed by atoms with Crippen LogP contribution in [0, 0.1) is 0 Å². The van der Waals surface area contributed by atoms with Gasteiger partial charge in [-0.15, -0.1) is 0 Å². The molecule has 0 atom stereocenters. The minimum atomic E-state index is -2.24. The Morgan fingerprint density at radius 1 is 1.60 bits per heavy atom. The molecular weight excluding hydrogens is 134 g/mol. The van der Waals surface area contributed by atoms with Crippen molar-refractivity contribution in [2.24, 2.45) is 0 Å². The average molecular weight is 146 g/mol. The Morgan fingerprint density at radius 3 is 2.60 bits per heavy atom. The molecule has 0 fully saturated rings. The summed E-state index contributed by atoms with van der Waals surface area (Å²) in [4.78, 5) is 0. The first-order chi connectivity index (χ1) is 4.66. The van der Waals surface area contributed by atoms with E-state index in [2.05, 4.69) is 6.58 Å². The summed E-state index contributed by atoms with van der Waals surface area (Å²) in [6.07, 6.45) is 1.52. The fraction of sp³-hybridized carbons (Fsp3) is 0.500. The molecule has 0 saturated carbocycles. The molecule has 0 aromatic carbocycles. The van der Waals surface area contributed by atoms with Gasteiger partial charge < -0.3 is 0 Å². The second-order valence-electron chi connectivity index (χ2n) is 2.04. The standard InChI is InChI=1S/C8H12F2/c1-3-7(2)5-4-6-8(9)10/h4-5,8H,2-3,6H2,1H3/b5-4-. The highest BCUT2D eigenvalue weighted by atomic mass is 19.3. The van der Waals surface area contributed by atoms with Crippen LogP contribution in [0.1, 0.15) is 19.8 Å². The van der Waals surface area contributed by atoms with E-state index in [0.717, 1.165) is 12.0 Å². The minimum absolute atomic E-state index is 0.168. The summed E-state index contributed by atoms with van der Waals surface area (Å²) in [6.45, 7) is 5.58. The summed E-state index contributed by atoms with van der Waals surface area (Å²) >= 11 is 0. The highest BCUT2D eigenvalue weighted by Crippen LogP contribution is 2.03. The first-order valence-corrected chi connectivity index (χ1v) is 3.29. The molecule has 0 amide bonds. The zero-order valence-corrected chi connectivity index (χ0v) is 6.11. The van der Waals surface area contributed by atoms with E-state index in [1.54, 1.807) is 6.08 Å². The Labute approximate surface area is 60.2 Å². The van der Waals surface area contributed by atoms with Gasteiger partial charge in [-0.2, -0.15) is 0 Å². The van der Waals surface area contributed by atoms with E-state index < -0.39 is 6.43 Å². The third-order valence-electron chi connectivity index (χ3n) is 1.12. The molecule has 0 aromatic heterocycles. The fourth-order valence-corrected chi connectivity index (χ4v) is 0.455. The molecule has 2 heteroatoms. The van der Waals surface area contributed by atoms with Gasteiger partial charge in [-0.25, -0.2) is 8.78 Å². The monoisotopic (exact) mass is 146 g/mol. The first-order valence-electron chi connectivity index (χ1n) is 3.29. The Morgan fingerprint density at radius 2 is 2.20 bits per heavy atom. The Hall–Kier alpha value is -0.660. The van der Waals surface area contributed by atoms with E-state index in [-0.39, 0.29) is 6.42 Å². The van der Waals surface area contributed by atoms with E-state index in [9.17, 15) is 8.78 Å². The number of hydrogen-bond donors (Lipinski definition) is 0. The van der Waals surface area contributed by atoms with Crippen LogP contribution < -0.4 is 0 Å². The molecule has 0 rings (SSSR count). The Balaban J connectivity index is 3.46. The van der Waals surface area contributed by atoms with Crippen molar-refractivity contribution in [2.45, 2.75) is 26.2 Å². The highest BCUT2D eigenvalue weighted by Gasteiger charge is 1.95. The molecule has 0 unspecified atom stereocenters. The molecule has 0 radical (unpaired) electrons. The van der Waals surface area contributed by atoms with Crippen molar-refractivity contribution >= 4 is 0 Å². The molecule has 0 aliphatic heterocycles. The van der Waals surface area contributed by atoms with E-state index in [1.165, 1.54) is 6.08 Å². The second kappa shape index (κ2) is 5.15. The number of allylic oxidation sites excluding steroid dienone is 3. The molecule has 0 aliphatic rings. The molecule has 0 aliphatic carbocycles. The van der Waals surface area contributed by atoms with E-state index in [4.69, 9.17) is 0 Å². The number of halogens is 2. The Kier molecular flexibility index (Phi) is 4.81. The predicted octanol–water partition coefficient (Wildman–Crippen LogP) is 3.16. The largest absolute Gasteiger partial charge is 0.242 e. The quantitative estimate of drug-likeness (QED) is 0.534. The van der Waals surface area contributed by atoms with Crippen molar-refractivity contribution in [1.29, 1.82) is 0 Å². The zero-order chi connectivity index (χ0) is 7.98. The van der Waals surface area contributed by atoms with Crippen LogP contribution in [-0.2, 0) is 0 Å². The highest BCUT2D eigenvalue weighted by molar-refractivity contribution is 5.13. The molecule has 0 heterocycles. The van der Waals surface area contributed by atoms with Crippen molar-refractivity contribution in [2.75, 3.05) is 0 Å². The van der Waals surface area contributed by atoms with Gasteiger partial charge in [0.1, 0.15) is 0 Å². The van der Waals surface area contributed by atoms with Gasteiger partial charge in [0.2, 0.25) is 6.43 Å². The van der Waals surface area contributed by atoms with Crippen LogP contribution in [0.4, 0.5) is 8.78 Å². The van der Waals surface area contributed by atoms with Gasteiger partial charge in [0.05, 0.1) is 0 Å². The SMILES string of the molecule is C=C(/C=C\CC(F)F)CC. The van der Waals surface area contributed by atoms with E-state index >= 15 is 0 Å². The van der Waals surface area contributed by atoms with Crippen LogP contribution in [0.3, 0.4) is 0 Å². The van der Waals surface area contributed by atoms with Crippen LogP contribution in [0.25, 0.3) is 0 Å². The zero-order valence-electron chi connectivity index (χ0n) is 6.11. The third-order valence-corrected chi connectivity index (χ3v) is 1.12. The molecule has 58 valence electrons. The van der Waals surface area contributed by atoms with E-state index in [0.29, 0.717) is 0 Å². The summed E-state index contributed by atoms with van der Waals surface area (Å²) in [7, 11) is 0. The molecular formula is C8H12F2. The summed E-state index contributed by atoms with van der Waals surface area (Å²) < 4.78 is 23.0. The lowest BCUT2D eigenvalue weighted by Crippen LogP contribution is -1.84. The number of rotatable bonds is 4. The van der Waals surface area contributed by atoms with Gasteiger partial charge in [0.15, 0.2) is 0 Å². The van der Waals surface area contributed by atoms with Crippen molar-refractivity contribution in [3.05, 3.63) is 24.3 Å². The summed E-state index contributed by atoms with van der Waals surface area (Å²) in [5.41, 5.74) is 0.889. The number of alkyl halides is 2. The summed E-state index contributed by atoms with van der Waals surface area (Å²) in [5.74, 6) is 0. The molecule has 0 bridgehead atoms. The van der Waals surface area contributed by atoms with Crippen LogP contribution in [-0.4, -0.2) is 6.43 Å². The fourth-order valence-electron chi connectivity index (χ4n) is 0.455. The molecule has 0 aromatic rings. The van der Waals surface area contributed by atoms with Crippen LogP contribution >= 0.6 is 0 Å². The van der Waals surface area contributed by atoms with Gasteiger partial charge in [-0.05, 0) is 6.42 Å². The van der Waals surface area contributed by atoms with E-state index in [1.807, 2.05) is 6.92 Å². The lowest BCUT2D eigenvalue weighted by Gasteiger charge is -1.91. The molecule has 10 heavy (non-hydrogen) atoms. The van der Waals surface area contributed by atoms with Crippen LogP contribution in [0.5, 0.6) is 0 Å². The summed E-state index contributed by atoms with van der Waals surface area (Å²) in [5, 5.41) is 0. The maximum absolute atomic E-state index is 11.5. The van der Waals surface area contributed by atoms with Crippen molar-refractivity contribution in [3.63, 3.8) is 0 Å². The van der Waals surface area contributed by atoms with Gasteiger partial charge >= 0.3 is 0 Å². The number of hydrogen-bond acceptors (Lipinski definition) is 0. The topological polar surface area (TPSA) is 0 Å². The average Bonchev–Trinajstić information content (AvgIpc) is 1.87. The molecule has 0 saturated heterocycles. The van der Waals surface area contributed by atoms with Gasteiger partial charge in [-0.1, -0.05) is 31.2 Å². The van der Waals surface area contributed by atoms with Crippen LogP contribution in [0.2, 0.25) is 0 Å². The van der Waals surface area contributed by atoms with Crippen molar-refractivity contribution < 1.29 is 8.78 Å².